The van der Waals surface area contributed by atoms with Gasteiger partial charge in [0.25, 0.3) is 0 Å². The van der Waals surface area contributed by atoms with E-state index in [0.717, 1.165) is 11.0 Å². The van der Waals surface area contributed by atoms with Crippen LogP contribution in [0.3, 0.4) is 0 Å². The van der Waals surface area contributed by atoms with Crippen LogP contribution in [0.15, 0.2) is 23.7 Å². The molecule has 0 radical (unpaired) electrons. The maximum Gasteiger partial charge on any atom is 0.491 e. The van der Waals surface area contributed by atoms with Crippen molar-refractivity contribution in [3.8, 4) is 0 Å². The Labute approximate surface area is 144 Å². The predicted molar refractivity (Wildman–Crippen MR) is 96.1 cm³/mol. The summed E-state index contributed by atoms with van der Waals surface area (Å²) in [6.07, 6.45) is 1.85. The van der Waals surface area contributed by atoms with Gasteiger partial charge in [-0.3, -0.25) is 0 Å². The number of nitrogens with one attached hydrogen (secondary N) is 1. The van der Waals surface area contributed by atoms with Gasteiger partial charge in [-0.05, 0) is 58.8 Å². The molecule has 1 aromatic rings. The lowest BCUT2D eigenvalue weighted by Crippen LogP contribution is -2.41. The molecule has 0 bridgehead atoms. The van der Waals surface area contributed by atoms with Gasteiger partial charge in [-0.2, -0.15) is 0 Å². The molecule has 6 heteroatoms. The number of likely N-dealkylation sites (N-methyl/N-ethyl adjacent to an activating group) is 1. The van der Waals surface area contributed by atoms with E-state index in [1.54, 1.807) is 6.07 Å². The zero-order valence-corrected chi connectivity index (χ0v) is 15.3. The second-order valence-electron chi connectivity index (χ2n) is 7.23. The van der Waals surface area contributed by atoms with Crippen LogP contribution in [-0.2, 0) is 9.31 Å². The molecule has 1 fully saturated rings. The monoisotopic (exact) mass is 331 g/mol. The summed E-state index contributed by atoms with van der Waals surface area (Å²) in [6.45, 7) is 10.4. The molecule has 1 aliphatic rings. The molecule has 2 rings (SSSR count). The van der Waals surface area contributed by atoms with Gasteiger partial charge in [0.2, 0.25) is 0 Å². The van der Waals surface area contributed by atoms with Gasteiger partial charge in [-0.25, -0.2) is 4.79 Å². The van der Waals surface area contributed by atoms with Crippen LogP contribution < -0.4 is 5.32 Å². The smallest absolute Gasteiger partial charge is 0.478 e. The summed E-state index contributed by atoms with van der Waals surface area (Å²) >= 11 is 0. The molecular weight excluding hydrogens is 305 g/mol. The lowest BCUT2D eigenvalue weighted by atomic mass is 9.76. The Bertz CT molecular complexity index is 651. The van der Waals surface area contributed by atoms with E-state index in [0.29, 0.717) is 12.1 Å². The molecule has 0 aliphatic carbocycles. The van der Waals surface area contributed by atoms with Crippen molar-refractivity contribution in [1.29, 1.82) is 0 Å². The zero-order valence-electron chi connectivity index (χ0n) is 15.3. The van der Waals surface area contributed by atoms with E-state index in [1.165, 1.54) is 0 Å². The lowest BCUT2D eigenvalue weighted by Gasteiger charge is -2.32. The topological polar surface area (TPSA) is 67.8 Å². The number of benzene rings is 1. The van der Waals surface area contributed by atoms with Crippen LogP contribution in [-0.4, -0.2) is 43.0 Å². The van der Waals surface area contributed by atoms with Crippen molar-refractivity contribution in [1.82, 2.24) is 5.32 Å². The van der Waals surface area contributed by atoms with E-state index in [2.05, 4.69) is 5.32 Å². The molecule has 1 aliphatic heterocycles. The normalized spacial score (nSPS) is 19.6. The van der Waals surface area contributed by atoms with Crippen LogP contribution in [0.1, 0.15) is 49.2 Å². The summed E-state index contributed by atoms with van der Waals surface area (Å²) in [5, 5.41) is 12.6. The van der Waals surface area contributed by atoms with E-state index >= 15 is 0 Å². The van der Waals surface area contributed by atoms with Crippen LogP contribution in [0.4, 0.5) is 0 Å². The minimum Gasteiger partial charge on any atom is -0.478 e. The highest BCUT2D eigenvalue weighted by Crippen LogP contribution is 2.38. The largest absolute Gasteiger partial charge is 0.491 e. The third-order valence-corrected chi connectivity index (χ3v) is 4.72. The first-order valence-electron chi connectivity index (χ1n) is 8.12. The predicted octanol–water partition coefficient (Wildman–Crippen LogP) is 2.93. The van der Waals surface area contributed by atoms with Gasteiger partial charge in [-0.15, -0.1) is 0 Å². The Balaban J connectivity index is 2.42. The Hall–Kier alpha value is -1.63. The first-order chi connectivity index (χ1) is 11.1. The number of hydrogen-bond donors (Lipinski definition) is 2. The second kappa shape index (κ2) is 6.71. The third-order valence-electron chi connectivity index (χ3n) is 4.72. The van der Waals surface area contributed by atoms with E-state index in [1.807, 2.05) is 59.9 Å². The Morgan fingerprint density at radius 1 is 1.25 bits per heavy atom. The molecule has 0 spiro atoms. The highest BCUT2D eigenvalue weighted by molar-refractivity contribution is 6.56. The molecule has 0 atom stereocenters. The lowest BCUT2D eigenvalue weighted by molar-refractivity contribution is 0.00578. The standard InChI is InChI=1S/C18H26BNO4/c1-12-7-8-13(15(9-12)16(21)22)10-14(11-20-6)19-23-17(2,3)18(4,5)24-19/h7-10,20H,11H2,1-6H3,(H,21,22). The zero-order chi connectivity index (χ0) is 18.1. The van der Waals surface area contributed by atoms with Gasteiger partial charge in [0, 0.05) is 6.54 Å². The first kappa shape index (κ1) is 18.7. The van der Waals surface area contributed by atoms with Crippen molar-refractivity contribution in [2.45, 2.75) is 45.8 Å². The Morgan fingerprint density at radius 2 is 1.83 bits per heavy atom. The highest BCUT2D eigenvalue weighted by Gasteiger charge is 2.52. The molecule has 0 amide bonds. The summed E-state index contributed by atoms with van der Waals surface area (Å²) in [5.74, 6) is -0.942. The van der Waals surface area contributed by atoms with Gasteiger partial charge in [-0.1, -0.05) is 23.8 Å². The fraction of sp³-hybridized carbons (Fsp3) is 0.500. The number of carbonyl (C=O) groups is 1. The molecule has 2 N–H and O–H groups in total. The van der Waals surface area contributed by atoms with Crippen molar-refractivity contribution in [2.75, 3.05) is 13.6 Å². The first-order valence-corrected chi connectivity index (χ1v) is 8.12. The SMILES string of the molecule is CNCC(=Cc1ccc(C)cc1C(=O)O)B1OC(C)(C)C(C)(C)O1. The quantitative estimate of drug-likeness (QED) is 0.812. The molecule has 24 heavy (non-hydrogen) atoms. The fourth-order valence-corrected chi connectivity index (χ4v) is 2.58. The van der Waals surface area contributed by atoms with Gasteiger partial charge in [0.15, 0.2) is 0 Å². The van der Waals surface area contributed by atoms with E-state index in [4.69, 9.17) is 9.31 Å². The Kier molecular flexibility index (Phi) is 5.23. The second-order valence-corrected chi connectivity index (χ2v) is 7.23. The molecule has 5 nitrogen and oxygen atoms in total. The molecule has 0 saturated carbocycles. The highest BCUT2D eigenvalue weighted by atomic mass is 16.7. The maximum atomic E-state index is 11.5. The van der Waals surface area contributed by atoms with Crippen LogP contribution >= 0.6 is 0 Å². The van der Waals surface area contributed by atoms with E-state index in [-0.39, 0.29) is 5.56 Å². The van der Waals surface area contributed by atoms with Crippen molar-refractivity contribution in [3.05, 3.63) is 40.4 Å². The maximum absolute atomic E-state index is 11.5. The van der Waals surface area contributed by atoms with Gasteiger partial charge in [0.05, 0.1) is 16.8 Å². The number of aromatic carboxylic acids is 1. The molecule has 130 valence electrons. The van der Waals surface area contributed by atoms with Crippen LogP contribution in [0, 0.1) is 6.92 Å². The molecule has 1 saturated heterocycles. The number of hydrogen-bond acceptors (Lipinski definition) is 4. The summed E-state index contributed by atoms with van der Waals surface area (Å²) in [7, 11) is 1.33. The molecule has 0 unspecified atom stereocenters. The average molecular weight is 331 g/mol. The third kappa shape index (κ3) is 3.71. The number of aryl methyl sites for hydroxylation is 1. The summed E-state index contributed by atoms with van der Waals surface area (Å²) in [5.41, 5.74) is 1.83. The van der Waals surface area contributed by atoms with Gasteiger partial charge < -0.3 is 19.7 Å². The van der Waals surface area contributed by atoms with Gasteiger partial charge >= 0.3 is 13.1 Å². The number of carboxylic acid groups (broad SMARTS) is 1. The minimum absolute atomic E-state index is 0.278. The van der Waals surface area contributed by atoms with Crippen LogP contribution in [0.25, 0.3) is 6.08 Å². The number of carboxylic acids is 1. The fourth-order valence-electron chi connectivity index (χ4n) is 2.58. The molecule has 1 heterocycles. The summed E-state index contributed by atoms with van der Waals surface area (Å²) < 4.78 is 12.2. The van der Waals surface area contributed by atoms with Crippen molar-refractivity contribution in [2.24, 2.45) is 0 Å². The molecule has 1 aromatic carbocycles. The van der Waals surface area contributed by atoms with Crippen LogP contribution in [0.2, 0.25) is 0 Å². The van der Waals surface area contributed by atoms with E-state index in [9.17, 15) is 9.90 Å². The Morgan fingerprint density at radius 3 is 2.33 bits per heavy atom. The number of rotatable bonds is 5. The van der Waals surface area contributed by atoms with Crippen molar-refractivity contribution >= 4 is 19.2 Å². The van der Waals surface area contributed by atoms with Crippen LogP contribution in [0.5, 0.6) is 0 Å². The molecule has 0 aromatic heterocycles. The summed E-state index contributed by atoms with van der Waals surface area (Å²) in [4.78, 5) is 11.5. The summed E-state index contributed by atoms with van der Waals surface area (Å²) in [6, 6.07) is 5.40. The van der Waals surface area contributed by atoms with Crippen molar-refractivity contribution < 1.29 is 19.2 Å². The molecular formula is C18H26BNO4. The van der Waals surface area contributed by atoms with Gasteiger partial charge in [0.1, 0.15) is 0 Å². The average Bonchev–Trinajstić information content (AvgIpc) is 2.68. The van der Waals surface area contributed by atoms with Crippen molar-refractivity contribution in [3.63, 3.8) is 0 Å². The minimum atomic E-state index is -0.942. The van der Waals surface area contributed by atoms with E-state index < -0.39 is 24.3 Å².